The Labute approximate surface area is 121 Å². The number of phenols is 1. The standard InChI is InChI=1S/C16H15FN2O2/c1-3-19-14-8-10(17)4-6-13(14)18-16(19)12-9-11(21-2)5-7-15(12)20/h4-9,20H,3H2,1-2H3. The highest BCUT2D eigenvalue weighted by Crippen LogP contribution is 2.34. The molecular weight excluding hydrogens is 271 g/mol. The second kappa shape index (κ2) is 5.09. The monoisotopic (exact) mass is 286 g/mol. The topological polar surface area (TPSA) is 47.3 Å². The third kappa shape index (κ3) is 2.20. The third-order valence-corrected chi connectivity index (χ3v) is 3.47. The van der Waals surface area contributed by atoms with Crippen LogP contribution in [0.5, 0.6) is 11.5 Å². The quantitative estimate of drug-likeness (QED) is 0.800. The number of nitrogens with zero attached hydrogens (tertiary/aromatic N) is 2. The van der Waals surface area contributed by atoms with E-state index < -0.39 is 0 Å². The molecule has 0 bridgehead atoms. The number of aromatic nitrogens is 2. The lowest BCUT2D eigenvalue weighted by Gasteiger charge is -2.09. The van der Waals surface area contributed by atoms with Crippen LogP contribution in [0.2, 0.25) is 0 Å². The number of aromatic hydroxyl groups is 1. The molecule has 1 N–H and O–H groups in total. The number of ether oxygens (including phenoxy) is 1. The van der Waals surface area contributed by atoms with Gasteiger partial charge in [-0.05, 0) is 43.3 Å². The Hall–Kier alpha value is -2.56. The molecule has 0 aliphatic heterocycles. The van der Waals surface area contributed by atoms with Crippen LogP contribution in [0.1, 0.15) is 6.92 Å². The Kier molecular flexibility index (Phi) is 3.25. The summed E-state index contributed by atoms with van der Waals surface area (Å²) < 4.78 is 20.5. The van der Waals surface area contributed by atoms with E-state index in [0.29, 0.717) is 34.7 Å². The van der Waals surface area contributed by atoms with E-state index in [1.807, 2.05) is 11.5 Å². The summed E-state index contributed by atoms with van der Waals surface area (Å²) in [5.74, 6) is 1.03. The number of aryl methyl sites for hydroxylation is 1. The van der Waals surface area contributed by atoms with E-state index in [9.17, 15) is 9.50 Å². The lowest BCUT2D eigenvalue weighted by Crippen LogP contribution is -1.98. The predicted octanol–water partition coefficient (Wildman–Crippen LogP) is 3.58. The first kappa shape index (κ1) is 13.4. The highest BCUT2D eigenvalue weighted by atomic mass is 19.1. The van der Waals surface area contributed by atoms with Crippen LogP contribution >= 0.6 is 0 Å². The zero-order chi connectivity index (χ0) is 15.0. The normalized spacial score (nSPS) is 11.0. The van der Waals surface area contributed by atoms with Gasteiger partial charge in [-0.15, -0.1) is 0 Å². The number of rotatable bonds is 3. The number of fused-ring (bicyclic) bond motifs is 1. The predicted molar refractivity (Wildman–Crippen MR) is 79.0 cm³/mol. The number of halogens is 1. The van der Waals surface area contributed by atoms with Gasteiger partial charge in [-0.3, -0.25) is 0 Å². The molecule has 0 aliphatic rings. The summed E-state index contributed by atoms with van der Waals surface area (Å²) in [4.78, 5) is 4.51. The molecule has 3 aromatic rings. The molecule has 108 valence electrons. The maximum atomic E-state index is 13.5. The maximum absolute atomic E-state index is 13.5. The largest absolute Gasteiger partial charge is 0.507 e. The molecule has 0 amide bonds. The second-order valence-electron chi connectivity index (χ2n) is 4.70. The van der Waals surface area contributed by atoms with Gasteiger partial charge in [-0.1, -0.05) is 0 Å². The van der Waals surface area contributed by atoms with Crippen LogP contribution in [-0.4, -0.2) is 21.8 Å². The van der Waals surface area contributed by atoms with Crippen molar-refractivity contribution < 1.29 is 14.2 Å². The summed E-state index contributed by atoms with van der Waals surface area (Å²) in [5.41, 5.74) is 1.96. The Balaban J connectivity index is 2.29. The van der Waals surface area contributed by atoms with Gasteiger partial charge in [0.1, 0.15) is 23.1 Å². The first-order valence-electron chi connectivity index (χ1n) is 6.67. The first-order valence-corrected chi connectivity index (χ1v) is 6.67. The smallest absolute Gasteiger partial charge is 0.145 e. The molecule has 5 heteroatoms. The summed E-state index contributed by atoms with van der Waals surface area (Å²) in [5, 5.41) is 10.1. The lowest BCUT2D eigenvalue weighted by molar-refractivity contribution is 0.412. The van der Waals surface area contributed by atoms with Crippen LogP contribution in [0, 0.1) is 5.82 Å². The third-order valence-electron chi connectivity index (χ3n) is 3.47. The molecule has 0 unspecified atom stereocenters. The summed E-state index contributed by atoms with van der Waals surface area (Å²) in [6.07, 6.45) is 0. The van der Waals surface area contributed by atoms with Gasteiger partial charge in [0.15, 0.2) is 0 Å². The van der Waals surface area contributed by atoms with Gasteiger partial charge in [-0.2, -0.15) is 0 Å². The van der Waals surface area contributed by atoms with Gasteiger partial charge >= 0.3 is 0 Å². The summed E-state index contributed by atoms with van der Waals surface area (Å²) in [7, 11) is 1.56. The Bertz CT molecular complexity index is 811. The molecule has 0 aliphatic carbocycles. The molecule has 2 aromatic carbocycles. The van der Waals surface area contributed by atoms with E-state index in [1.54, 1.807) is 31.4 Å². The van der Waals surface area contributed by atoms with Crippen molar-refractivity contribution >= 4 is 11.0 Å². The number of hydrogen-bond acceptors (Lipinski definition) is 3. The Morgan fingerprint density at radius 1 is 1.24 bits per heavy atom. The van der Waals surface area contributed by atoms with Crippen molar-refractivity contribution in [2.75, 3.05) is 7.11 Å². The van der Waals surface area contributed by atoms with Crippen molar-refractivity contribution in [1.82, 2.24) is 9.55 Å². The van der Waals surface area contributed by atoms with Gasteiger partial charge in [-0.25, -0.2) is 9.37 Å². The number of imidazole rings is 1. The average molecular weight is 286 g/mol. The minimum absolute atomic E-state index is 0.112. The van der Waals surface area contributed by atoms with E-state index in [4.69, 9.17) is 4.74 Å². The summed E-state index contributed by atoms with van der Waals surface area (Å²) >= 11 is 0. The minimum atomic E-state index is -0.307. The van der Waals surface area contributed by atoms with Crippen molar-refractivity contribution in [3.63, 3.8) is 0 Å². The van der Waals surface area contributed by atoms with Crippen molar-refractivity contribution in [2.24, 2.45) is 0 Å². The summed E-state index contributed by atoms with van der Waals surface area (Å²) in [6.45, 7) is 2.57. The highest BCUT2D eigenvalue weighted by Gasteiger charge is 2.16. The molecule has 0 spiro atoms. The highest BCUT2D eigenvalue weighted by molar-refractivity contribution is 5.82. The Morgan fingerprint density at radius 2 is 2.05 bits per heavy atom. The number of hydrogen-bond donors (Lipinski definition) is 1. The minimum Gasteiger partial charge on any atom is -0.507 e. The SMILES string of the molecule is CCn1c(-c2cc(OC)ccc2O)nc2ccc(F)cc21. The fraction of sp³-hybridized carbons (Fsp3) is 0.188. The van der Waals surface area contributed by atoms with Gasteiger partial charge in [0.05, 0.1) is 23.7 Å². The number of phenolic OH excluding ortho intramolecular Hbond substituents is 1. The lowest BCUT2D eigenvalue weighted by atomic mass is 10.1. The van der Waals surface area contributed by atoms with Gasteiger partial charge in [0.2, 0.25) is 0 Å². The Morgan fingerprint density at radius 3 is 2.76 bits per heavy atom. The second-order valence-corrected chi connectivity index (χ2v) is 4.70. The molecule has 0 saturated carbocycles. The zero-order valence-corrected chi connectivity index (χ0v) is 11.8. The molecule has 3 rings (SSSR count). The fourth-order valence-electron chi connectivity index (χ4n) is 2.44. The van der Waals surface area contributed by atoms with Crippen molar-refractivity contribution in [1.29, 1.82) is 0 Å². The van der Waals surface area contributed by atoms with Crippen LogP contribution in [0.3, 0.4) is 0 Å². The maximum Gasteiger partial charge on any atom is 0.145 e. The molecule has 0 atom stereocenters. The summed E-state index contributed by atoms with van der Waals surface area (Å²) in [6, 6.07) is 9.43. The van der Waals surface area contributed by atoms with Gasteiger partial charge in [0, 0.05) is 6.54 Å². The first-order chi connectivity index (χ1) is 10.1. The van der Waals surface area contributed by atoms with Crippen LogP contribution in [0.4, 0.5) is 4.39 Å². The molecule has 1 aromatic heterocycles. The molecular formula is C16H15FN2O2. The van der Waals surface area contributed by atoms with E-state index >= 15 is 0 Å². The van der Waals surface area contributed by atoms with E-state index in [-0.39, 0.29) is 11.6 Å². The van der Waals surface area contributed by atoms with Crippen molar-refractivity contribution in [3.8, 4) is 22.9 Å². The van der Waals surface area contributed by atoms with Crippen LogP contribution in [0.15, 0.2) is 36.4 Å². The zero-order valence-electron chi connectivity index (χ0n) is 11.8. The van der Waals surface area contributed by atoms with Gasteiger partial charge in [0.25, 0.3) is 0 Å². The molecule has 0 fully saturated rings. The molecule has 21 heavy (non-hydrogen) atoms. The van der Waals surface area contributed by atoms with Crippen LogP contribution in [-0.2, 0) is 6.54 Å². The van der Waals surface area contributed by atoms with Crippen LogP contribution < -0.4 is 4.74 Å². The van der Waals surface area contributed by atoms with E-state index in [1.165, 1.54) is 12.1 Å². The molecule has 0 saturated heterocycles. The number of benzene rings is 2. The molecule has 0 radical (unpaired) electrons. The van der Waals surface area contributed by atoms with E-state index in [2.05, 4.69) is 4.98 Å². The van der Waals surface area contributed by atoms with E-state index in [0.717, 1.165) is 0 Å². The van der Waals surface area contributed by atoms with Crippen LogP contribution in [0.25, 0.3) is 22.4 Å². The number of methoxy groups -OCH3 is 1. The molecule has 4 nitrogen and oxygen atoms in total. The van der Waals surface area contributed by atoms with Crippen molar-refractivity contribution in [3.05, 3.63) is 42.2 Å². The fourth-order valence-corrected chi connectivity index (χ4v) is 2.44. The average Bonchev–Trinajstić information content (AvgIpc) is 2.85. The van der Waals surface area contributed by atoms with Gasteiger partial charge < -0.3 is 14.4 Å². The molecule has 1 heterocycles. The van der Waals surface area contributed by atoms with Crippen molar-refractivity contribution in [2.45, 2.75) is 13.5 Å².